The molecule has 0 bridgehead atoms. The van der Waals surface area contributed by atoms with E-state index in [9.17, 15) is 0 Å². The molecule has 2 N–H and O–H groups in total. The zero-order valence-electron chi connectivity index (χ0n) is 6.04. The summed E-state index contributed by atoms with van der Waals surface area (Å²) in [6.45, 7) is 0. The summed E-state index contributed by atoms with van der Waals surface area (Å²) in [6.07, 6.45) is 0.602. The van der Waals surface area contributed by atoms with Gasteiger partial charge in [0.25, 0.3) is 0 Å². The Morgan fingerprint density at radius 1 is 1.91 bits per heavy atom. The van der Waals surface area contributed by atoms with Crippen LogP contribution in [0, 0.1) is 0 Å². The zero-order valence-corrected chi connectivity index (χ0v) is 8.44. The topological polar surface area (TPSA) is 43.8 Å². The number of nitrogens with zero attached hydrogens (tertiary/aromatic N) is 2. The van der Waals surface area contributed by atoms with Gasteiger partial charge >= 0.3 is 0 Å². The van der Waals surface area contributed by atoms with Crippen LogP contribution in [-0.2, 0) is 13.5 Å². The molecule has 60 valence electrons. The standard InChI is InChI=1S/C6H8BrN3S/c1-10-4(3-6(8)11)2-5(7)9-10/h2H,3H2,1H3,(H2,8,11). The van der Waals surface area contributed by atoms with Crippen LogP contribution in [0.15, 0.2) is 10.7 Å². The van der Waals surface area contributed by atoms with E-state index in [1.807, 2.05) is 13.1 Å². The van der Waals surface area contributed by atoms with Gasteiger partial charge in [-0.3, -0.25) is 4.68 Å². The van der Waals surface area contributed by atoms with Crippen LogP contribution in [0.1, 0.15) is 5.69 Å². The highest BCUT2D eigenvalue weighted by Gasteiger charge is 2.02. The predicted octanol–water partition coefficient (Wildman–Crippen LogP) is 1.01. The molecule has 0 spiro atoms. The largest absolute Gasteiger partial charge is 0.393 e. The third-order valence-corrected chi connectivity index (χ3v) is 1.83. The van der Waals surface area contributed by atoms with Crippen molar-refractivity contribution in [2.75, 3.05) is 0 Å². The van der Waals surface area contributed by atoms with Gasteiger partial charge in [-0.05, 0) is 22.0 Å². The molecular weight excluding hydrogens is 226 g/mol. The molecular formula is C6H8BrN3S. The van der Waals surface area contributed by atoms with E-state index in [-0.39, 0.29) is 0 Å². The van der Waals surface area contributed by atoms with E-state index in [0.717, 1.165) is 10.3 Å². The van der Waals surface area contributed by atoms with Gasteiger partial charge in [-0.1, -0.05) is 12.2 Å². The SMILES string of the molecule is Cn1nc(Br)cc1CC(N)=S. The summed E-state index contributed by atoms with van der Waals surface area (Å²) in [5.41, 5.74) is 6.40. The van der Waals surface area contributed by atoms with Gasteiger partial charge in [0, 0.05) is 19.2 Å². The smallest absolute Gasteiger partial charge is 0.128 e. The van der Waals surface area contributed by atoms with Crippen molar-refractivity contribution in [1.29, 1.82) is 0 Å². The highest BCUT2D eigenvalue weighted by atomic mass is 79.9. The fourth-order valence-electron chi connectivity index (χ4n) is 0.811. The minimum Gasteiger partial charge on any atom is -0.393 e. The predicted molar refractivity (Wildman–Crippen MR) is 51.4 cm³/mol. The van der Waals surface area contributed by atoms with E-state index in [2.05, 4.69) is 21.0 Å². The summed E-state index contributed by atoms with van der Waals surface area (Å²) < 4.78 is 2.56. The first-order valence-corrected chi connectivity index (χ1v) is 4.26. The molecule has 5 heteroatoms. The van der Waals surface area contributed by atoms with Crippen LogP contribution >= 0.6 is 28.1 Å². The maximum absolute atomic E-state index is 5.38. The number of nitrogens with two attached hydrogens (primary N) is 1. The molecule has 0 unspecified atom stereocenters. The maximum atomic E-state index is 5.38. The van der Waals surface area contributed by atoms with E-state index < -0.39 is 0 Å². The molecule has 0 fully saturated rings. The molecule has 0 amide bonds. The Bertz CT molecular complexity index is 281. The van der Waals surface area contributed by atoms with Crippen LogP contribution in [0.3, 0.4) is 0 Å². The van der Waals surface area contributed by atoms with E-state index in [0.29, 0.717) is 11.4 Å². The second kappa shape index (κ2) is 3.32. The second-order valence-electron chi connectivity index (χ2n) is 2.23. The minimum atomic E-state index is 0.487. The summed E-state index contributed by atoms with van der Waals surface area (Å²) in [5, 5.41) is 4.08. The van der Waals surface area contributed by atoms with Gasteiger partial charge < -0.3 is 5.73 Å². The van der Waals surface area contributed by atoms with Crippen molar-refractivity contribution in [3.63, 3.8) is 0 Å². The molecule has 0 saturated carbocycles. The van der Waals surface area contributed by atoms with Crippen LogP contribution in [0.2, 0.25) is 0 Å². The molecule has 0 aliphatic carbocycles. The minimum absolute atomic E-state index is 0.487. The molecule has 1 rings (SSSR count). The first kappa shape index (κ1) is 8.67. The third kappa shape index (κ3) is 2.27. The van der Waals surface area contributed by atoms with Gasteiger partial charge in [0.15, 0.2) is 0 Å². The fraction of sp³-hybridized carbons (Fsp3) is 0.333. The van der Waals surface area contributed by atoms with Crippen molar-refractivity contribution < 1.29 is 0 Å². The fourth-order valence-corrected chi connectivity index (χ4v) is 1.46. The van der Waals surface area contributed by atoms with E-state index in [4.69, 9.17) is 18.0 Å². The molecule has 1 aromatic rings. The number of hydrogen-bond acceptors (Lipinski definition) is 2. The van der Waals surface area contributed by atoms with Crippen molar-refractivity contribution in [2.24, 2.45) is 12.8 Å². The number of halogens is 1. The highest BCUT2D eigenvalue weighted by molar-refractivity contribution is 9.10. The lowest BCUT2D eigenvalue weighted by Gasteiger charge is -1.97. The summed E-state index contributed by atoms with van der Waals surface area (Å²) in [5.74, 6) is 0. The Balaban J connectivity index is 2.85. The number of aromatic nitrogens is 2. The highest BCUT2D eigenvalue weighted by Crippen LogP contribution is 2.09. The summed E-state index contributed by atoms with van der Waals surface area (Å²) in [4.78, 5) is 0.487. The Morgan fingerprint density at radius 3 is 2.91 bits per heavy atom. The van der Waals surface area contributed by atoms with Crippen molar-refractivity contribution in [3.8, 4) is 0 Å². The van der Waals surface area contributed by atoms with Gasteiger partial charge in [0.1, 0.15) is 4.60 Å². The molecule has 1 aromatic heterocycles. The van der Waals surface area contributed by atoms with Gasteiger partial charge in [0.05, 0.1) is 4.99 Å². The van der Waals surface area contributed by atoms with Crippen molar-refractivity contribution in [3.05, 3.63) is 16.4 Å². The Morgan fingerprint density at radius 2 is 2.55 bits per heavy atom. The molecule has 0 atom stereocenters. The maximum Gasteiger partial charge on any atom is 0.128 e. The molecule has 0 radical (unpaired) electrons. The molecule has 0 saturated heterocycles. The average molecular weight is 234 g/mol. The van der Waals surface area contributed by atoms with Crippen LogP contribution in [0.25, 0.3) is 0 Å². The zero-order chi connectivity index (χ0) is 8.43. The van der Waals surface area contributed by atoms with Crippen LogP contribution < -0.4 is 5.73 Å². The van der Waals surface area contributed by atoms with Gasteiger partial charge in [0.2, 0.25) is 0 Å². The van der Waals surface area contributed by atoms with Crippen molar-refractivity contribution in [1.82, 2.24) is 9.78 Å². The van der Waals surface area contributed by atoms with E-state index >= 15 is 0 Å². The first-order valence-electron chi connectivity index (χ1n) is 3.06. The normalized spacial score (nSPS) is 10.0. The summed E-state index contributed by atoms with van der Waals surface area (Å²) in [6, 6.07) is 1.90. The second-order valence-corrected chi connectivity index (χ2v) is 3.56. The Kier molecular flexibility index (Phi) is 2.62. The Labute approximate surface area is 78.7 Å². The van der Waals surface area contributed by atoms with Gasteiger partial charge in [-0.25, -0.2) is 0 Å². The molecule has 0 aliphatic heterocycles. The lowest BCUT2D eigenvalue weighted by atomic mass is 10.3. The van der Waals surface area contributed by atoms with E-state index in [1.165, 1.54) is 0 Å². The molecule has 3 nitrogen and oxygen atoms in total. The lowest BCUT2D eigenvalue weighted by Crippen LogP contribution is -2.13. The van der Waals surface area contributed by atoms with Gasteiger partial charge in [-0.2, -0.15) is 5.10 Å². The molecule has 11 heavy (non-hydrogen) atoms. The van der Waals surface area contributed by atoms with Crippen molar-refractivity contribution in [2.45, 2.75) is 6.42 Å². The van der Waals surface area contributed by atoms with Crippen LogP contribution in [0.5, 0.6) is 0 Å². The molecule has 1 heterocycles. The quantitative estimate of drug-likeness (QED) is 0.776. The number of thiocarbonyl (C=S) groups is 1. The number of aryl methyl sites for hydroxylation is 1. The molecule has 0 aromatic carbocycles. The lowest BCUT2D eigenvalue weighted by molar-refractivity contribution is 0.726. The van der Waals surface area contributed by atoms with E-state index in [1.54, 1.807) is 4.68 Å². The number of rotatable bonds is 2. The third-order valence-electron chi connectivity index (χ3n) is 1.30. The Hall–Kier alpha value is -0.420. The van der Waals surface area contributed by atoms with Crippen molar-refractivity contribution >= 4 is 33.1 Å². The monoisotopic (exact) mass is 233 g/mol. The average Bonchev–Trinajstić information content (AvgIpc) is 2.09. The van der Waals surface area contributed by atoms with Crippen LogP contribution in [-0.4, -0.2) is 14.8 Å². The summed E-state index contributed by atoms with van der Waals surface area (Å²) >= 11 is 8.02. The van der Waals surface area contributed by atoms with Crippen LogP contribution in [0.4, 0.5) is 0 Å². The summed E-state index contributed by atoms with van der Waals surface area (Å²) in [7, 11) is 1.86. The molecule has 0 aliphatic rings. The number of hydrogen-bond donors (Lipinski definition) is 1. The van der Waals surface area contributed by atoms with Gasteiger partial charge in [-0.15, -0.1) is 0 Å². The first-order chi connectivity index (χ1) is 5.09.